The monoisotopic (exact) mass is 467 g/mol. The molecule has 0 bridgehead atoms. The number of para-hydroxylation sites is 3. The number of carbonyl (C=O) groups excluding carboxylic acids is 2. The molecule has 5 rings (SSSR count). The number of urea groups is 1. The van der Waals surface area contributed by atoms with E-state index in [9.17, 15) is 9.59 Å². The summed E-state index contributed by atoms with van der Waals surface area (Å²) in [4.78, 5) is 29.3. The van der Waals surface area contributed by atoms with Crippen LogP contribution >= 0.6 is 0 Å². The van der Waals surface area contributed by atoms with Crippen LogP contribution in [0.25, 0.3) is 0 Å². The molecular weight excluding hydrogens is 438 g/mol. The summed E-state index contributed by atoms with van der Waals surface area (Å²) in [7, 11) is 1.62. The highest BCUT2D eigenvalue weighted by atomic mass is 16.5. The molecule has 6 heteroatoms. The average Bonchev–Trinajstić information content (AvgIpc) is 2.98. The number of rotatable bonds is 3. The van der Waals surface area contributed by atoms with Gasteiger partial charge in [-0.3, -0.25) is 9.69 Å². The minimum absolute atomic E-state index is 0.0508. The maximum absolute atomic E-state index is 13.9. The molecule has 3 aromatic rings. The first kappa shape index (κ1) is 22.7. The van der Waals surface area contributed by atoms with Crippen molar-refractivity contribution in [3.05, 3.63) is 95.7 Å². The molecular formula is C29H29N3O3. The zero-order chi connectivity index (χ0) is 24.6. The number of nitrogens with zero attached hydrogens (tertiary/aromatic N) is 1. The number of nitrogens with one attached hydrogen (secondary N) is 2. The topological polar surface area (TPSA) is 70.7 Å². The van der Waals surface area contributed by atoms with Crippen LogP contribution in [0.5, 0.6) is 5.75 Å². The largest absolute Gasteiger partial charge is 0.497 e. The van der Waals surface area contributed by atoms with Crippen molar-refractivity contribution in [3.63, 3.8) is 0 Å². The predicted molar refractivity (Wildman–Crippen MR) is 139 cm³/mol. The van der Waals surface area contributed by atoms with Gasteiger partial charge in [-0.15, -0.1) is 0 Å². The van der Waals surface area contributed by atoms with Crippen molar-refractivity contribution in [2.24, 2.45) is 5.41 Å². The molecule has 1 atom stereocenters. The molecule has 0 saturated heterocycles. The van der Waals surface area contributed by atoms with Gasteiger partial charge in [-0.25, -0.2) is 4.79 Å². The molecule has 1 aliphatic carbocycles. The summed E-state index contributed by atoms with van der Waals surface area (Å²) in [6, 6.07) is 23.7. The number of benzene rings is 3. The molecule has 0 saturated carbocycles. The quantitative estimate of drug-likeness (QED) is 0.459. The van der Waals surface area contributed by atoms with Gasteiger partial charge in [0.25, 0.3) is 0 Å². The Morgan fingerprint density at radius 2 is 1.66 bits per heavy atom. The molecule has 178 valence electrons. The van der Waals surface area contributed by atoms with Crippen molar-refractivity contribution in [1.82, 2.24) is 0 Å². The summed E-state index contributed by atoms with van der Waals surface area (Å²) in [6.07, 6.45) is 1.13. The van der Waals surface area contributed by atoms with Crippen molar-refractivity contribution < 1.29 is 14.3 Å². The molecule has 1 aliphatic heterocycles. The summed E-state index contributed by atoms with van der Waals surface area (Å²) >= 11 is 0. The minimum atomic E-state index is -0.598. The van der Waals surface area contributed by atoms with E-state index in [1.165, 1.54) is 0 Å². The van der Waals surface area contributed by atoms with Crippen molar-refractivity contribution in [3.8, 4) is 5.75 Å². The van der Waals surface area contributed by atoms with E-state index in [4.69, 9.17) is 4.74 Å². The van der Waals surface area contributed by atoms with E-state index in [1.54, 1.807) is 12.0 Å². The third kappa shape index (κ3) is 4.39. The fourth-order valence-corrected chi connectivity index (χ4v) is 5.02. The van der Waals surface area contributed by atoms with Gasteiger partial charge in [0.1, 0.15) is 5.75 Å². The van der Waals surface area contributed by atoms with E-state index in [0.717, 1.165) is 16.9 Å². The van der Waals surface area contributed by atoms with Gasteiger partial charge in [-0.1, -0.05) is 56.3 Å². The van der Waals surface area contributed by atoms with Gasteiger partial charge in [0.05, 0.1) is 24.5 Å². The first-order chi connectivity index (χ1) is 16.9. The molecule has 0 aromatic heterocycles. The zero-order valence-corrected chi connectivity index (χ0v) is 20.2. The van der Waals surface area contributed by atoms with Gasteiger partial charge >= 0.3 is 6.03 Å². The highest BCUT2D eigenvalue weighted by molar-refractivity contribution is 6.09. The summed E-state index contributed by atoms with van der Waals surface area (Å²) in [5.74, 6) is 0.765. The van der Waals surface area contributed by atoms with E-state index < -0.39 is 6.04 Å². The number of ketones is 1. The number of methoxy groups -OCH3 is 1. The number of carbonyl (C=O) groups is 2. The maximum atomic E-state index is 13.9. The van der Waals surface area contributed by atoms with Gasteiger partial charge in [0.15, 0.2) is 5.78 Å². The first-order valence-corrected chi connectivity index (χ1v) is 11.8. The van der Waals surface area contributed by atoms with Crippen molar-refractivity contribution in [1.29, 1.82) is 0 Å². The number of hydrogen-bond acceptors (Lipinski definition) is 4. The van der Waals surface area contributed by atoms with Crippen LogP contribution < -0.4 is 20.3 Å². The Hall–Kier alpha value is -4.06. The Labute approximate surface area is 205 Å². The third-order valence-electron chi connectivity index (χ3n) is 6.58. The first-order valence-electron chi connectivity index (χ1n) is 11.8. The van der Waals surface area contributed by atoms with Gasteiger partial charge < -0.3 is 15.4 Å². The van der Waals surface area contributed by atoms with E-state index in [1.807, 2.05) is 78.9 Å². The summed E-state index contributed by atoms with van der Waals surface area (Å²) in [6.45, 7) is 4.21. The van der Waals surface area contributed by atoms with E-state index in [-0.39, 0.29) is 17.2 Å². The Balaban J connectivity index is 1.71. The van der Waals surface area contributed by atoms with Crippen LogP contribution in [0.4, 0.5) is 21.9 Å². The van der Waals surface area contributed by atoms with Crippen LogP contribution in [0.1, 0.15) is 38.3 Å². The van der Waals surface area contributed by atoms with Crippen LogP contribution in [0, 0.1) is 5.41 Å². The standard InChI is InChI=1S/C29H29N3O3/c1-29(2)17-23-26(25(33)18-29)27(19-13-15-21(35-3)16-14-19)32(24-12-8-7-11-22(24)31-23)28(34)30-20-9-5-4-6-10-20/h4-16,27,31H,17-18H2,1-3H3,(H,30,34). The lowest BCUT2D eigenvalue weighted by Gasteiger charge is -2.37. The van der Waals surface area contributed by atoms with E-state index in [0.29, 0.717) is 35.5 Å². The van der Waals surface area contributed by atoms with Crippen LogP contribution in [0.15, 0.2) is 90.1 Å². The second kappa shape index (κ2) is 8.95. The van der Waals surface area contributed by atoms with Crippen molar-refractivity contribution >= 4 is 28.9 Å². The summed E-state index contributed by atoms with van der Waals surface area (Å²) in [5, 5.41) is 6.56. The molecule has 2 amide bonds. The fraction of sp³-hybridized carbons (Fsp3) is 0.241. The number of ether oxygens (including phenoxy) is 1. The molecule has 3 aromatic carbocycles. The minimum Gasteiger partial charge on any atom is -0.497 e. The molecule has 2 N–H and O–H groups in total. The number of hydrogen-bond donors (Lipinski definition) is 2. The number of anilines is 3. The van der Waals surface area contributed by atoms with Crippen LogP contribution in [0.3, 0.4) is 0 Å². The molecule has 0 fully saturated rings. The highest BCUT2D eigenvalue weighted by Crippen LogP contribution is 2.48. The predicted octanol–water partition coefficient (Wildman–Crippen LogP) is 6.54. The van der Waals surface area contributed by atoms with E-state index >= 15 is 0 Å². The third-order valence-corrected chi connectivity index (χ3v) is 6.58. The number of Topliss-reactive ketones (excluding diaryl/α,β-unsaturated/α-hetero) is 1. The molecule has 1 unspecified atom stereocenters. The molecule has 35 heavy (non-hydrogen) atoms. The second-order valence-corrected chi connectivity index (χ2v) is 9.82. The van der Waals surface area contributed by atoms with E-state index in [2.05, 4.69) is 24.5 Å². The number of amides is 2. The van der Waals surface area contributed by atoms with Gasteiger partial charge in [-0.05, 0) is 53.8 Å². The van der Waals surface area contributed by atoms with Gasteiger partial charge in [-0.2, -0.15) is 0 Å². The second-order valence-electron chi connectivity index (χ2n) is 9.82. The van der Waals surface area contributed by atoms with Gasteiger partial charge in [0.2, 0.25) is 0 Å². The lowest BCUT2D eigenvalue weighted by molar-refractivity contribution is -0.118. The molecule has 6 nitrogen and oxygen atoms in total. The smallest absolute Gasteiger partial charge is 0.327 e. The van der Waals surface area contributed by atoms with Crippen LogP contribution in [-0.2, 0) is 4.79 Å². The Morgan fingerprint density at radius 1 is 0.971 bits per heavy atom. The maximum Gasteiger partial charge on any atom is 0.327 e. The lowest BCUT2D eigenvalue weighted by atomic mass is 9.73. The Morgan fingerprint density at radius 3 is 2.37 bits per heavy atom. The average molecular weight is 468 g/mol. The van der Waals surface area contributed by atoms with Crippen LogP contribution in [-0.4, -0.2) is 18.9 Å². The summed E-state index contributed by atoms with van der Waals surface area (Å²) in [5.41, 5.74) is 4.36. The SMILES string of the molecule is COc1ccc(C2C3=C(CC(C)(C)CC3=O)Nc3ccccc3N2C(=O)Nc2ccccc2)cc1. The van der Waals surface area contributed by atoms with Crippen LogP contribution in [0.2, 0.25) is 0 Å². The summed E-state index contributed by atoms with van der Waals surface area (Å²) < 4.78 is 5.36. The fourth-order valence-electron chi connectivity index (χ4n) is 5.02. The normalized spacial score (nSPS) is 18.7. The number of fused-ring (bicyclic) bond motifs is 1. The number of allylic oxidation sites excluding steroid dienone is 1. The Bertz CT molecular complexity index is 1300. The molecule has 2 aliphatic rings. The van der Waals surface area contributed by atoms with Crippen molar-refractivity contribution in [2.75, 3.05) is 22.6 Å². The molecule has 1 heterocycles. The Kier molecular flexibility index (Phi) is 5.81. The highest BCUT2D eigenvalue weighted by Gasteiger charge is 2.43. The lowest BCUT2D eigenvalue weighted by Crippen LogP contribution is -2.41. The van der Waals surface area contributed by atoms with Gasteiger partial charge in [0, 0.05) is 23.4 Å². The van der Waals surface area contributed by atoms with Crippen molar-refractivity contribution in [2.45, 2.75) is 32.7 Å². The molecule has 0 spiro atoms. The zero-order valence-electron chi connectivity index (χ0n) is 20.2. The molecule has 0 radical (unpaired) electrons.